The van der Waals surface area contributed by atoms with Crippen molar-refractivity contribution in [3.8, 4) is 0 Å². The van der Waals surface area contributed by atoms with Gasteiger partial charge >= 0.3 is 5.97 Å². The molecule has 2 N–H and O–H groups in total. The summed E-state index contributed by atoms with van der Waals surface area (Å²) in [5, 5.41) is 1.36. The Hall–Kier alpha value is -1.68. The lowest BCUT2D eigenvalue weighted by Gasteiger charge is -2.01. The Morgan fingerprint density at radius 2 is 2.24 bits per heavy atom. The summed E-state index contributed by atoms with van der Waals surface area (Å²) in [6.45, 7) is 2.08. The Morgan fingerprint density at radius 3 is 2.88 bits per heavy atom. The van der Waals surface area contributed by atoms with Gasteiger partial charge in [-0.15, -0.1) is 0 Å². The van der Waals surface area contributed by atoms with Crippen molar-refractivity contribution in [2.24, 2.45) is 7.05 Å². The monoisotopic (exact) mass is 252 g/mol. The molecule has 90 valence electrons. The maximum Gasteiger partial charge on any atom is 0.342 e. The molecule has 0 atom stereocenters. The number of nitrogens with two attached hydrogens (primary N) is 1. The van der Waals surface area contributed by atoms with Gasteiger partial charge in [0.05, 0.1) is 12.1 Å². The second-order valence-electron chi connectivity index (χ2n) is 3.70. The summed E-state index contributed by atoms with van der Waals surface area (Å²) < 4.78 is 6.72. The minimum Gasteiger partial charge on any atom is -0.462 e. The fraction of sp³-hybridized carbons (Fsp3) is 0.250. The van der Waals surface area contributed by atoms with E-state index < -0.39 is 5.97 Å². The summed E-state index contributed by atoms with van der Waals surface area (Å²) in [5.74, 6) is -0.0151. The number of ether oxygens (including phenoxy) is 1. The molecule has 0 saturated carbocycles. The number of nitrogens with zero attached hydrogens (tertiary/aromatic N) is 1. The van der Waals surface area contributed by atoms with Gasteiger partial charge in [-0.2, -0.15) is 0 Å². The summed E-state index contributed by atoms with van der Waals surface area (Å²) in [7, 11) is 1.79. The van der Waals surface area contributed by atoms with Crippen molar-refractivity contribution in [3.05, 3.63) is 28.8 Å². The Labute approximate surface area is 104 Å². The summed E-state index contributed by atoms with van der Waals surface area (Å²) in [6, 6.07) is 5.28. The number of aromatic nitrogens is 1. The Balaban J connectivity index is 2.71. The first-order chi connectivity index (χ1) is 8.06. The number of carbonyl (C=O) groups excluding carboxylic acids is 1. The molecule has 0 amide bonds. The fourth-order valence-electron chi connectivity index (χ4n) is 1.85. The van der Waals surface area contributed by atoms with E-state index >= 15 is 0 Å². The van der Waals surface area contributed by atoms with Crippen LogP contribution >= 0.6 is 11.6 Å². The van der Waals surface area contributed by atoms with Crippen molar-refractivity contribution in [2.75, 3.05) is 12.3 Å². The quantitative estimate of drug-likeness (QED) is 0.836. The molecule has 0 radical (unpaired) electrons. The van der Waals surface area contributed by atoms with E-state index in [1.54, 1.807) is 36.7 Å². The van der Waals surface area contributed by atoms with E-state index in [1.807, 2.05) is 0 Å². The van der Waals surface area contributed by atoms with Crippen LogP contribution in [-0.2, 0) is 11.8 Å². The Bertz CT molecular complexity index is 590. The molecule has 4 nitrogen and oxygen atoms in total. The molecule has 0 aliphatic heterocycles. The van der Waals surface area contributed by atoms with E-state index in [2.05, 4.69) is 0 Å². The van der Waals surface area contributed by atoms with E-state index in [9.17, 15) is 4.79 Å². The molecule has 0 bridgehead atoms. The number of esters is 1. The van der Waals surface area contributed by atoms with Crippen LogP contribution < -0.4 is 5.73 Å². The van der Waals surface area contributed by atoms with E-state index in [0.29, 0.717) is 23.0 Å². The van der Waals surface area contributed by atoms with Gasteiger partial charge in [0.25, 0.3) is 0 Å². The van der Waals surface area contributed by atoms with Crippen LogP contribution in [0.3, 0.4) is 0 Å². The molecule has 5 heteroatoms. The van der Waals surface area contributed by atoms with Crippen molar-refractivity contribution in [2.45, 2.75) is 6.92 Å². The van der Waals surface area contributed by atoms with Crippen molar-refractivity contribution in [1.29, 1.82) is 0 Å². The molecule has 2 aromatic rings. The third-order valence-electron chi connectivity index (χ3n) is 2.69. The van der Waals surface area contributed by atoms with Gasteiger partial charge in [-0.1, -0.05) is 17.7 Å². The SMILES string of the molecule is CCOC(=O)c1c(N)n(C)c2cc(Cl)ccc12. The molecular formula is C12H13ClN2O2. The molecule has 1 aromatic carbocycles. The molecule has 0 aliphatic rings. The van der Waals surface area contributed by atoms with Crippen molar-refractivity contribution < 1.29 is 9.53 Å². The van der Waals surface area contributed by atoms with Crippen LogP contribution in [0, 0.1) is 0 Å². The number of rotatable bonds is 2. The molecule has 1 heterocycles. The molecule has 17 heavy (non-hydrogen) atoms. The molecule has 0 aliphatic carbocycles. The number of nitrogen functional groups attached to an aromatic ring is 1. The summed E-state index contributed by atoms with van der Waals surface area (Å²) in [4.78, 5) is 11.8. The number of benzene rings is 1. The van der Waals surface area contributed by atoms with Gasteiger partial charge in [0, 0.05) is 17.5 Å². The van der Waals surface area contributed by atoms with E-state index in [4.69, 9.17) is 22.1 Å². The second-order valence-corrected chi connectivity index (χ2v) is 4.14. The van der Waals surface area contributed by atoms with Gasteiger partial charge in [-0.3, -0.25) is 0 Å². The van der Waals surface area contributed by atoms with Crippen LogP contribution in [0.1, 0.15) is 17.3 Å². The topological polar surface area (TPSA) is 57.2 Å². The Morgan fingerprint density at radius 1 is 1.53 bits per heavy atom. The number of halogens is 1. The predicted molar refractivity (Wildman–Crippen MR) is 68.3 cm³/mol. The zero-order chi connectivity index (χ0) is 12.6. The lowest BCUT2D eigenvalue weighted by molar-refractivity contribution is 0.0530. The molecular weight excluding hydrogens is 240 g/mol. The van der Waals surface area contributed by atoms with Gasteiger partial charge in [-0.25, -0.2) is 4.79 Å². The number of hydrogen-bond acceptors (Lipinski definition) is 3. The van der Waals surface area contributed by atoms with E-state index in [-0.39, 0.29) is 0 Å². The third-order valence-corrected chi connectivity index (χ3v) is 2.92. The maximum absolute atomic E-state index is 11.8. The van der Waals surface area contributed by atoms with Gasteiger partial charge in [0.1, 0.15) is 11.4 Å². The summed E-state index contributed by atoms with van der Waals surface area (Å²) >= 11 is 5.92. The first-order valence-corrected chi connectivity index (χ1v) is 5.64. The van der Waals surface area contributed by atoms with E-state index in [1.165, 1.54) is 0 Å². The van der Waals surface area contributed by atoms with Crippen LogP contribution in [0.15, 0.2) is 18.2 Å². The zero-order valence-corrected chi connectivity index (χ0v) is 10.4. The van der Waals surface area contributed by atoms with Crippen LogP contribution in [-0.4, -0.2) is 17.1 Å². The fourth-order valence-corrected chi connectivity index (χ4v) is 2.01. The molecule has 0 unspecified atom stereocenters. The summed E-state index contributed by atoms with van der Waals surface area (Å²) in [6.07, 6.45) is 0. The molecule has 0 fully saturated rings. The van der Waals surface area contributed by atoms with Gasteiger partial charge in [-0.05, 0) is 19.1 Å². The average molecular weight is 253 g/mol. The highest BCUT2D eigenvalue weighted by Crippen LogP contribution is 2.29. The lowest BCUT2D eigenvalue weighted by atomic mass is 10.1. The minimum absolute atomic E-state index is 0.322. The first-order valence-electron chi connectivity index (χ1n) is 5.26. The largest absolute Gasteiger partial charge is 0.462 e. The minimum atomic E-state index is -0.405. The lowest BCUT2D eigenvalue weighted by Crippen LogP contribution is -2.08. The number of carbonyl (C=O) groups is 1. The first kappa shape index (κ1) is 11.8. The van der Waals surface area contributed by atoms with Crippen LogP contribution in [0.5, 0.6) is 0 Å². The highest BCUT2D eigenvalue weighted by atomic mass is 35.5. The molecule has 1 aromatic heterocycles. The second kappa shape index (κ2) is 4.30. The Kier molecular flexibility index (Phi) is 2.98. The third kappa shape index (κ3) is 1.85. The van der Waals surface area contributed by atoms with Crippen molar-refractivity contribution >= 4 is 34.3 Å². The van der Waals surface area contributed by atoms with Gasteiger partial charge in [0.15, 0.2) is 0 Å². The number of aryl methyl sites for hydroxylation is 1. The smallest absolute Gasteiger partial charge is 0.342 e. The normalized spacial score (nSPS) is 10.8. The molecule has 2 rings (SSSR count). The summed E-state index contributed by atoms with van der Waals surface area (Å²) in [5.41, 5.74) is 7.14. The average Bonchev–Trinajstić information content (AvgIpc) is 2.53. The highest BCUT2D eigenvalue weighted by molar-refractivity contribution is 6.31. The zero-order valence-electron chi connectivity index (χ0n) is 9.66. The standard InChI is InChI=1S/C12H13ClN2O2/c1-3-17-12(16)10-8-5-4-7(13)6-9(8)15(2)11(10)14/h4-6H,3,14H2,1-2H3. The van der Waals surface area contributed by atoms with Crippen LogP contribution in [0.2, 0.25) is 5.02 Å². The van der Waals surface area contributed by atoms with Gasteiger partial charge < -0.3 is 15.0 Å². The molecule has 0 saturated heterocycles. The van der Waals surface area contributed by atoms with E-state index in [0.717, 1.165) is 10.9 Å². The maximum atomic E-state index is 11.8. The molecule has 0 spiro atoms. The number of fused-ring (bicyclic) bond motifs is 1. The highest BCUT2D eigenvalue weighted by Gasteiger charge is 2.20. The number of hydrogen-bond donors (Lipinski definition) is 1. The number of anilines is 1. The van der Waals surface area contributed by atoms with Crippen molar-refractivity contribution in [3.63, 3.8) is 0 Å². The van der Waals surface area contributed by atoms with Crippen LogP contribution in [0.25, 0.3) is 10.9 Å². The van der Waals surface area contributed by atoms with Crippen molar-refractivity contribution in [1.82, 2.24) is 4.57 Å². The predicted octanol–water partition coefficient (Wildman–Crippen LogP) is 2.59. The van der Waals surface area contributed by atoms with Gasteiger partial charge in [0.2, 0.25) is 0 Å². The van der Waals surface area contributed by atoms with Crippen LogP contribution in [0.4, 0.5) is 5.82 Å².